The van der Waals surface area contributed by atoms with Crippen LogP contribution in [-0.4, -0.2) is 49.1 Å². The number of hydrogen-bond donors (Lipinski definition) is 3. The van der Waals surface area contributed by atoms with E-state index in [4.69, 9.17) is 4.74 Å². The van der Waals surface area contributed by atoms with Gasteiger partial charge in [0.15, 0.2) is 0 Å². The van der Waals surface area contributed by atoms with E-state index in [9.17, 15) is 9.59 Å². The van der Waals surface area contributed by atoms with E-state index in [-0.39, 0.29) is 17.5 Å². The number of nitrogens with one attached hydrogen (secondary N) is 3. The quantitative estimate of drug-likeness (QED) is 0.624. The Labute approximate surface area is 195 Å². The van der Waals surface area contributed by atoms with E-state index in [1.165, 1.54) is 0 Å². The van der Waals surface area contributed by atoms with Crippen LogP contribution in [0.15, 0.2) is 48.5 Å². The van der Waals surface area contributed by atoms with Crippen molar-refractivity contribution in [3.63, 3.8) is 0 Å². The van der Waals surface area contributed by atoms with Crippen molar-refractivity contribution in [2.45, 2.75) is 44.7 Å². The van der Waals surface area contributed by atoms with Gasteiger partial charge in [-0.05, 0) is 94.6 Å². The minimum absolute atomic E-state index is 0.132. The topological polar surface area (TPSA) is 82.7 Å². The van der Waals surface area contributed by atoms with E-state index in [2.05, 4.69) is 27.8 Å². The van der Waals surface area contributed by atoms with E-state index in [1.807, 2.05) is 38.1 Å². The van der Waals surface area contributed by atoms with Crippen LogP contribution in [0.5, 0.6) is 11.5 Å². The predicted molar refractivity (Wildman–Crippen MR) is 129 cm³/mol. The lowest BCUT2D eigenvalue weighted by Crippen LogP contribution is -2.67. The Morgan fingerprint density at radius 2 is 1.58 bits per heavy atom. The highest BCUT2D eigenvalue weighted by Gasteiger charge is 2.44. The van der Waals surface area contributed by atoms with Gasteiger partial charge in [0, 0.05) is 19.2 Å². The Balaban J connectivity index is 1.36. The number of carbonyl (C=O) groups excluding carboxylic acids is 2. The molecule has 3 aliphatic heterocycles. The number of hydrogen-bond acceptors (Lipinski definition) is 4. The number of benzene rings is 2. The summed E-state index contributed by atoms with van der Waals surface area (Å²) >= 11 is 0. The van der Waals surface area contributed by atoms with E-state index in [0.717, 1.165) is 38.0 Å². The lowest BCUT2D eigenvalue weighted by molar-refractivity contribution is 0.0224. The summed E-state index contributed by atoms with van der Waals surface area (Å²) in [6.45, 7) is 9.37. The van der Waals surface area contributed by atoms with Gasteiger partial charge in [0.05, 0.1) is 11.1 Å². The number of rotatable bonds is 6. The molecule has 3 amide bonds. The molecule has 33 heavy (non-hydrogen) atoms. The van der Waals surface area contributed by atoms with Gasteiger partial charge in [0.1, 0.15) is 11.5 Å². The molecule has 2 aromatic carbocycles. The molecule has 176 valence electrons. The Kier molecular flexibility index (Phi) is 6.34. The fourth-order valence-electron chi connectivity index (χ4n) is 5.00. The Bertz CT molecular complexity index is 995. The van der Waals surface area contributed by atoms with E-state index < -0.39 is 5.54 Å². The van der Waals surface area contributed by atoms with Crippen LogP contribution in [0, 0.1) is 5.92 Å². The smallest absolute Gasteiger partial charge is 0.315 e. The molecule has 1 unspecified atom stereocenters. The third-order valence-electron chi connectivity index (χ3n) is 7.02. The average molecular weight is 451 g/mol. The second-order valence-electron chi connectivity index (χ2n) is 9.90. The molecule has 3 N–H and O–H groups in total. The van der Waals surface area contributed by atoms with Crippen molar-refractivity contribution in [3.8, 4) is 11.5 Å². The maximum absolute atomic E-state index is 12.9. The SMILES string of the molecule is CNC(=O)c1ccc(Oc2ccc(C(C)(C)NC(=O)NC3(C)CN4CCC3CC4)cc2)cc1. The molecular formula is C26H34N4O3. The summed E-state index contributed by atoms with van der Waals surface area (Å²) in [7, 11) is 1.60. The van der Waals surface area contributed by atoms with Gasteiger partial charge < -0.3 is 25.6 Å². The van der Waals surface area contributed by atoms with Crippen LogP contribution in [0.25, 0.3) is 0 Å². The van der Waals surface area contributed by atoms with Crippen LogP contribution < -0.4 is 20.7 Å². The van der Waals surface area contributed by atoms with Crippen molar-refractivity contribution in [1.82, 2.24) is 20.9 Å². The number of fused-ring (bicyclic) bond motifs is 3. The van der Waals surface area contributed by atoms with Crippen LogP contribution in [0.3, 0.4) is 0 Å². The highest BCUT2D eigenvalue weighted by Crippen LogP contribution is 2.35. The van der Waals surface area contributed by atoms with Gasteiger partial charge >= 0.3 is 6.03 Å². The molecule has 0 aliphatic carbocycles. The number of nitrogens with zero attached hydrogens (tertiary/aromatic N) is 1. The first-order valence-electron chi connectivity index (χ1n) is 11.6. The van der Waals surface area contributed by atoms with Crippen LogP contribution in [-0.2, 0) is 5.54 Å². The molecule has 0 spiro atoms. The molecule has 0 radical (unpaired) electrons. The van der Waals surface area contributed by atoms with Crippen molar-refractivity contribution < 1.29 is 14.3 Å². The standard InChI is InChI=1S/C26H34N4O3/c1-25(2,28-24(32)29-26(3)17-30-15-13-20(26)14-16-30)19-7-11-22(12-8-19)33-21-9-5-18(6-10-21)23(31)27-4/h5-12,20H,13-17H2,1-4H3,(H,27,31)(H2,28,29,32). The summed E-state index contributed by atoms with van der Waals surface area (Å²) in [5, 5.41) is 9.02. The van der Waals surface area contributed by atoms with Crippen molar-refractivity contribution in [2.24, 2.45) is 5.92 Å². The van der Waals surface area contributed by atoms with Gasteiger partial charge in [-0.2, -0.15) is 0 Å². The molecule has 2 bridgehead atoms. The molecular weight excluding hydrogens is 416 g/mol. The first-order chi connectivity index (χ1) is 15.7. The maximum Gasteiger partial charge on any atom is 0.315 e. The Morgan fingerprint density at radius 3 is 2.09 bits per heavy atom. The zero-order valence-corrected chi connectivity index (χ0v) is 19.9. The molecule has 1 atom stereocenters. The van der Waals surface area contributed by atoms with Crippen molar-refractivity contribution in [3.05, 3.63) is 59.7 Å². The molecule has 0 aromatic heterocycles. The Hall–Kier alpha value is -3.06. The van der Waals surface area contributed by atoms with E-state index >= 15 is 0 Å². The molecule has 3 heterocycles. The molecule has 7 nitrogen and oxygen atoms in total. The lowest BCUT2D eigenvalue weighted by atomic mass is 9.74. The molecule has 0 saturated carbocycles. The molecule has 3 fully saturated rings. The largest absolute Gasteiger partial charge is 0.457 e. The van der Waals surface area contributed by atoms with Gasteiger partial charge in [-0.3, -0.25) is 4.79 Å². The lowest BCUT2D eigenvalue weighted by Gasteiger charge is -2.52. The van der Waals surface area contributed by atoms with Gasteiger partial charge in [0.2, 0.25) is 0 Å². The number of carbonyl (C=O) groups is 2. The average Bonchev–Trinajstić information content (AvgIpc) is 2.79. The van der Waals surface area contributed by atoms with Crippen LogP contribution in [0.2, 0.25) is 0 Å². The second kappa shape index (κ2) is 9.06. The monoisotopic (exact) mass is 450 g/mol. The Morgan fingerprint density at radius 1 is 1.00 bits per heavy atom. The second-order valence-corrected chi connectivity index (χ2v) is 9.90. The molecule has 7 heteroatoms. The molecule has 3 saturated heterocycles. The minimum Gasteiger partial charge on any atom is -0.457 e. The zero-order valence-electron chi connectivity index (χ0n) is 19.9. The van der Waals surface area contributed by atoms with Crippen molar-refractivity contribution in [1.29, 1.82) is 0 Å². The van der Waals surface area contributed by atoms with Gasteiger partial charge in [-0.25, -0.2) is 4.79 Å². The minimum atomic E-state index is -0.540. The summed E-state index contributed by atoms with van der Waals surface area (Å²) in [4.78, 5) is 27.0. The van der Waals surface area contributed by atoms with E-state index in [1.54, 1.807) is 31.3 Å². The van der Waals surface area contributed by atoms with Crippen LogP contribution in [0.1, 0.15) is 49.5 Å². The molecule has 2 aromatic rings. The number of piperidine rings is 3. The summed E-state index contributed by atoms with van der Waals surface area (Å²) in [6, 6.07) is 14.6. The summed E-state index contributed by atoms with van der Waals surface area (Å²) in [5.74, 6) is 1.75. The van der Waals surface area contributed by atoms with Crippen LogP contribution in [0.4, 0.5) is 4.79 Å². The normalized spacial score (nSPS) is 24.1. The summed E-state index contributed by atoms with van der Waals surface area (Å²) in [5.41, 5.74) is 0.849. The highest BCUT2D eigenvalue weighted by molar-refractivity contribution is 5.94. The number of amides is 3. The van der Waals surface area contributed by atoms with Crippen molar-refractivity contribution >= 4 is 11.9 Å². The summed E-state index contributed by atoms with van der Waals surface area (Å²) in [6.07, 6.45) is 2.30. The maximum atomic E-state index is 12.9. The van der Waals surface area contributed by atoms with Gasteiger partial charge in [-0.15, -0.1) is 0 Å². The molecule has 3 aliphatic rings. The van der Waals surface area contributed by atoms with Crippen LogP contribution >= 0.6 is 0 Å². The predicted octanol–water partition coefficient (Wildman–Crippen LogP) is 3.86. The number of urea groups is 1. The number of ether oxygens (including phenoxy) is 1. The van der Waals surface area contributed by atoms with Crippen molar-refractivity contribution in [2.75, 3.05) is 26.7 Å². The summed E-state index contributed by atoms with van der Waals surface area (Å²) < 4.78 is 5.90. The first-order valence-corrected chi connectivity index (χ1v) is 11.6. The fraction of sp³-hybridized carbons (Fsp3) is 0.462. The van der Waals surface area contributed by atoms with E-state index in [0.29, 0.717) is 23.0 Å². The third kappa shape index (κ3) is 5.14. The van der Waals surface area contributed by atoms with Gasteiger partial charge in [-0.1, -0.05) is 12.1 Å². The fourth-order valence-corrected chi connectivity index (χ4v) is 5.00. The zero-order chi connectivity index (χ0) is 23.6. The first kappa shape index (κ1) is 23.1. The highest BCUT2D eigenvalue weighted by atomic mass is 16.5. The molecule has 5 rings (SSSR count). The third-order valence-corrected chi connectivity index (χ3v) is 7.02. The van der Waals surface area contributed by atoms with Gasteiger partial charge in [0.25, 0.3) is 5.91 Å².